The van der Waals surface area contributed by atoms with E-state index in [0.717, 1.165) is 53.6 Å². The number of imidazole rings is 1. The number of likely N-dealkylation sites (tertiary alicyclic amines) is 1. The number of amides is 1. The zero-order valence-electron chi connectivity index (χ0n) is 20.0. The van der Waals surface area contributed by atoms with Crippen LogP contribution in [0, 0.1) is 0 Å². The van der Waals surface area contributed by atoms with Gasteiger partial charge in [0.05, 0.1) is 18.4 Å². The van der Waals surface area contributed by atoms with Crippen LogP contribution in [0.2, 0.25) is 0 Å². The lowest BCUT2D eigenvalue weighted by Gasteiger charge is -2.33. The standard InChI is InChI=1S/C27H28N6O2/c1-32-15-13-30-26(32)25-24(28-11-12-29-25)21-7-5-14-33(18-21)27(34)20-9-10-22(31-17-20)16-19-6-3-4-8-23(19)35-2/h3-4,6,8-13,15,17,21H,5,7,14,16,18H2,1-2H3/t21-/m0/s1. The number of para-hydroxylation sites is 1. The van der Waals surface area contributed by atoms with E-state index in [0.29, 0.717) is 18.5 Å². The van der Waals surface area contributed by atoms with E-state index < -0.39 is 0 Å². The van der Waals surface area contributed by atoms with Crippen LogP contribution in [0.3, 0.4) is 0 Å². The molecule has 1 fully saturated rings. The number of carbonyl (C=O) groups excluding carboxylic acids is 1. The largest absolute Gasteiger partial charge is 0.496 e. The van der Waals surface area contributed by atoms with E-state index in [2.05, 4.69) is 19.9 Å². The molecule has 0 saturated carbocycles. The van der Waals surface area contributed by atoms with Gasteiger partial charge in [0.15, 0.2) is 5.82 Å². The van der Waals surface area contributed by atoms with Gasteiger partial charge in [0.1, 0.15) is 11.4 Å². The number of hydrogen-bond donors (Lipinski definition) is 0. The van der Waals surface area contributed by atoms with Crippen LogP contribution in [0.25, 0.3) is 11.5 Å². The third-order valence-corrected chi connectivity index (χ3v) is 6.49. The molecule has 1 aliphatic heterocycles. The van der Waals surface area contributed by atoms with Crippen molar-refractivity contribution in [3.8, 4) is 17.3 Å². The van der Waals surface area contributed by atoms with Crippen molar-refractivity contribution in [3.05, 3.63) is 89.9 Å². The summed E-state index contributed by atoms with van der Waals surface area (Å²) in [6, 6.07) is 11.7. The molecule has 1 amide bonds. The van der Waals surface area contributed by atoms with E-state index >= 15 is 0 Å². The van der Waals surface area contributed by atoms with Crippen LogP contribution in [0.15, 0.2) is 67.4 Å². The van der Waals surface area contributed by atoms with Gasteiger partial charge in [0, 0.05) is 74.7 Å². The molecule has 3 aromatic heterocycles. The second kappa shape index (κ2) is 10.0. The molecule has 4 aromatic rings. The minimum atomic E-state index is -0.00604. The van der Waals surface area contributed by atoms with Crippen LogP contribution in [0.5, 0.6) is 5.75 Å². The fraction of sp³-hybridized carbons (Fsp3) is 0.296. The summed E-state index contributed by atoms with van der Waals surface area (Å²) in [7, 11) is 3.61. The maximum Gasteiger partial charge on any atom is 0.255 e. The molecular formula is C27H28N6O2. The first-order chi connectivity index (χ1) is 17.1. The van der Waals surface area contributed by atoms with Gasteiger partial charge in [-0.1, -0.05) is 18.2 Å². The van der Waals surface area contributed by atoms with Crippen molar-refractivity contribution in [3.63, 3.8) is 0 Å². The first-order valence-corrected chi connectivity index (χ1v) is 11.8. The minimum Gasteiger partial charge on any atom is -0.496 e. The Balaban J connectivity index is 1.31. The predicted octanol–water partition coefficient (Wildman–Crippen LogP) is 3.89. The van der Waals surface area contributed by atoms with E-state index in [-0.39, 0.29) is 11.8 Å². The second-order valence-electron chi connectivity index (χ2n) is 8.77. The highest BCUT2D eigenvalue weighted by Crippen LogP contribution is 2.31. The zero-order valence-corrected chi connectivity index (χ0v) is 20.0. The van der Waals surface area contributed by atoms with Gasteiger partial charge >= 0.3 is 0 Å². The van der Waals surface area contributed by atoms with Crippen LogP contribution >= 0.6 is 0 Å². The summed E-state index contributed by atoms with van der Waals surface area (Å²) in [4.78, 5) is 33.5. The molecule has 1 atom stereocenters. The zero-order chi connectivity index (χ0) is 24.2. The van der Waals surface area contributed by atoms with E-state index in [9.17, 15) is 4.79 Å². The van der Waals surface area contributed by atoms with Crippen molar-refractivity contribution in [1.29, 1.82) is 0 Å². The number of methoxy groups -OCH3 is 1. The quantitative estimate of drug-likeness (QED) is 0.427. The van der Waals surface area contributed by atoms with Crippen LogP contribution in [0.1, 0.15) is 46.1 Å². The molecule has 8 heteroatoms. The monoisotopic (exact) mass is 468 g/mol. The average Bonchev–Trinajstić information content (AvgIpc) is 3.34. The molecule has 0 bridgehead atoms. The van der Waals surface area contributed by atoms with E-state index in [1.807, 2.05) is 59.1 Å². The topological polar surface area (TPSA) is 86.0 Å². The summed E-state index contributed by atoms with van der Waals surface area (Å²) in [5.74, 6) is 1.72. The summed E-state index contributed by atoms with van der Waals surface area (Å²) in [6.07, 6.45) is 11.3. The Morgan fingerprint density at radius 1 is 1.06 bits per heavy atom. The highest BCUT2D eigenvalue weighted by molar-refractivity contribution is 5.94. The van der Waals surface area contributed by atoms with Gasteiger partial charge in [-0.3, -0.25) is 14.8 Å². The van der Waals surface area contributed by atoms with Gasteiger partial charge in [-0.2, -0.15) is 0 Å². The Morgan fingerprint density at radius 2 is 1.91 bits per heavy atom. The molecule has 0 radical (unpaired) electrons. The van der Waals surface area contributed by atoms with Crippen LogP contribution < -0.4 is 4.74 Å². The molecule has 35 heavy (non-hydrogen) atoms. The van der Waals surface area contributed by atoms with E-state index in [1.54, 1.807) is 31.9 Å². The lowest BCUT2D eigenvalue weighted by molar-refractivity contribution is 0.0705. The first-order valence-electron chi connectivity index (χ1n) is 11.8. The highest BCUT2D eigenvalue weighted by atomic mass is 16.5. The summed E-state index contributed by atoms with van der Waals surface area (Å²) < 4.78 is 7.38. The third-order valence-electron chi connectivity index (χ3n) is 6.49. The van der Waals surface area contributed by atoms with Crippen molar-refractivity contribution >= 4 is 5.91 Å². The molecule has 0 aliphatic carbocycles. The Kier molecular flexibility index (Phi) is 6.52. The molecule has 0 unspecified atom stereocenters. The number of rotatable bonds is 6. The minimum absolute atomic E-state index is 0.00604. The number of ether oxygens (including phenoxy) is 1. The summed E-state index contributed by atoms with van der Waals surface area (Å²) >= 11 is 0. The SMILES string of the molecule is COc1ccccc1Cc1ccc(C(=O)N2CCC[C@H](c3nccnc3-c3nccn3C)C2)cn1. The van der Waals surface area contributed by atoms with Gasteiger partial charge in [-0.15, -0.1) is 0 Å². The number of benzene rings is 1. The maximum absolute atomic E-state index is 13.3. The van der Waals surface area contributed by atoms with Crippen LogP contribution in [-0.4, -0.2) is 55.5 Å². The van der Waals surface area contributed by atoms with Crippen molar-refractivity contribution in [2.24, 2.45) is 7.05 Å². The van der Waals surface area contributed by atoms with Gasteiger partial charge in [0.25, 0.3) is 5.91 Å². The number of hydrogen-bond acceptors (Lipinski definition) is 6. The second-order valence-corrected chi connectivity index (χ2v) is 8.77. The molecule has 4 heterocycles. The summed E-state index contributed by atoms with van der Waals surface area (Å²) in [6.45, 7) is 1.31. The Labute approximate surface area is 204 Å². The Morgan fingerprint density at radius 3 is 2.69 bits per heavy atom. The smallest absolute Gasteiger partial charge is 0.255 e. The normalized spacial score (nSPS) is 15.7. The number of pyridine rings is 1. The molecule has 0 spiro atoms. The van der Waals surface area contributed by atoms with Gasteiger partial charge in [-0.25, -0.2) is 9.97 Å². The molecule has 8 nitrogen and oxygen atoms in total. The molecule has 1 aromatic carbocycles. The van der Waals surface area contributed by atoms with Crippen LogP contribution in [-0.2, 0) is 13.5 Å². The van der Waals surface area contributed by atoms with Gasteiger partial charge in [-0.05, 0) is 31.0 Å². The molecule has 0 N–H and O–H groups in total. The lowest BCUT2D eigenvalue weighted by Crippen LogP contribution is -2.39. The fourth-order valence-electron chi connectivity index (χ4n) is 4.68. The number of aryl methyl sites for hydroxylation is 1. The summed E-state index contributed by atoms with van der Waals surface area (Å²) in [5.41, 5.74) is 4.22. The lowest BCUT2D eigenvalue weighted by atomic mass is 9.92. The Bertz CT molecular complexity index is 1320. The molecular weight excluding hydrogens is 440 g/mol. The highest BCUT2D eigenvalue weighted by Gasteiger charge is 2.29. The number of piperidine rings is 1. The van der Waals surface area contributed by atoms with Crippen molar-refractivity contribution < 1.29 is 9.53 Å². The molecule has 178 valence electrons. The van der Waals surface area contributed by atoms with Crippen molar-refractivity contribution in [2.75, 3.05) is 20.2 Å². The number of nitrogens with zero attached hydrogens (tertiary/aromatic N) is 6. The Hall–Kier alpha value is -4.07. The first kappa shape index (κ1) is 22.7. The maximum atomic E-state index is 13.3. The average molecular weight is 469 g/mol. The number of carbonyl (C=O) groups is 1. The fourth-order valence-corrected chi connectivity index (χ4v) is 4.68. The van der Waals surface area contributed by atoms with E-state index in [1.165, 1.54) is 0 Å². The molecule has 5 rings (SSSR count). The van der Waals surface area contributed by atoms with Gasteiger partial charge < -0.3 is 14.2 Å². The number of aromatic nitrogens is 5. The molecule has 1 saturated heterocycles. The van der Waals surface area contributed by atoms with Crippen molar-refractivity contribution in [2.45, 2.75) is 25.2 Å². The summed E-state index contributed by atoms with van der Waals surface area (Å²) in [5, 5.41) is 0. The third kappa shape index (κ3) is 4.77. The van der Waals surface area contributed by atoms with Crippen LogP contribution in [0.4, 0.5) is 0 Å². The van der Waals surface area contributed by atoms with Crippen molar-refractivity contribution in [1.82, 2.24) is 29.4 Å². The predicted molar refractivity (Wildman–Crippen MR) is 132 cm³/mol. The van der Waals surface area contributed by atoms with Gasteiger partial charge in [0.2, 0.25) is 0 Å². The van der Waals surface area contributed by atoms with E-state index in [4.69, 9.17) is 4.74 Å². The molecule has 1 aliphatic rings.